The molecule has 0 unspecified atom stereocenters. The van der Waals surface area contributed by atoms with Crippen LogP contribution in [-0.4, -0.2) is 25.8 Å². The second-order valence-corrected chi connectivity index (χ2v) is 4.56. The molecule has 0 aliphatic carbocycles. The summed E-state index contributed by atoms with van der Waals surface area (Å²) in [5.41, 5.74) is 4.32. The number of fused-ring (bicyclic) bond motifs is 1. The van der Waals surface area contributed by atoms with Crippen LogP contribution in [0, 0.1) is 6.92 Å². The molecule has 5 nitrogen and oxygen atoms in total. The van der Waals surface area contributed by atoms with Gasteiger partial charge in [-0.15, -0.1) is 0 Å². The van der Waals surface area contributed by atoms with Crippen LogP contribution in [0.2, 0.25) is 0 Å². The maximum Gasteiger partial charge on any atom is 0.151 e. The van der Waals surface area contributed by atoms with Gasteiger partial charge in [-0.3, -0.25) is 9.78 Å². The molecular weight excluding hydrogens is 254 g/mol. The Hall–Kier alpha value is -2.53. The molecule has 0 radical (unpaired) electrons. The van der Waals surface area contributed by atoms with E-state index in [0.29, 0.717) is 17.0 Å². The quantitative estimate of drug-likeness (QED) is 0.737. The molecule has 1 N–H and O–H groups in total. The number of rotatable bonds is 3. The number of nitrogens with zero attached hydrogens (tertiary/aromatic N) is 3. The summed E-state index contributed by atoms with van der Waals surface area (Å²) >= 11 is 0. The van der Waals surface area contributed by atoms with Gasteiger partial charge in [-0.1, -0.05) is 0 Å². The van der Waals surface area contributed by atoms with Gasteiger partial charge >= 0.3 is 0 Å². The summed E-state index contributed by atoms with van der Waals surface area (Å²) in [6.07, 6.45) is 6.18. The van der Waals surface area contributed by atoms with Crippen molar-refractivity contribution in [3.63, 3.8) is 0 Å². The minimum Gasteiger partial charge on any atom is -0.390 e. The van der Waals surface area contributed by atoms with E-state index in [4.69, 9.17) is 0 Å². The number of imidazole rings is 1. The highest BCUT2D eigenvalue weighted by Gasteiger charge is 2.09. The van der Waals surface area contributed by atoms with Crippen LogP contribution in [-0.2, 0) is 6.61 Å². The maximum atomic E-state index is 11.0. The van der Waals surface area contributed by atoms with Crippen LogP contribution in [0.3, 0.4) is 0 Å². The summed E-state index contributed by atoms with van der Waals surface area (Å²) in [5, 5.41) is 9.18. The molecule has 0 fully saturated rings. The van der Waals surface area contributed by atoms with Gasteiger partial charge in [0, 0.05) is 41.0 Å². The fourth-order valence-electron chi connectivity index (χ4n) is 2.18. The number of carbonyl (C=O) groups is 1. The van der Waals surface area contributed by atoms with Gasteiger partial charge in [-0.25, -0.2) is 4.98 Å². The fraction of sp³-hybridized carbons (Fsp3) is 0.133. The van der Waals surface area contributed by atoms with Crippen molar-refractivity contribution in [1.29, 1.82) is 0 Å². The first-order valence-corrected chi connectivity index (χ1v) is 6.22. The first-order chi connectivity index (χ1) is 9.72. The molecule has 0 amide bonds. The molecule has 0 aromatic carbocycles. The number of hydrogen-bond acceptors (Lipinski definition) is 4. The summed E-state index contributed by atoms with van der Waals surface area (Å²) < 4.78 is 1.85. The van der Waals surface area contributed by atoms with Gasteiger partial charge < -0.3 is 9.51 Å². The highest BCUT2D eigenvalue weighted by atomic mass is 16.3. The number of aliphatic hydroxyl groups excluding tert-OH is 1. The van der Waals surface area contributed by atoms with Crippen molar-refractivity contribution in [2.45, 2.75) is 13.5 Å². The minimum absolute atomic E-state index is 0.104. The number of pyridine rings is 2. The topological polar surface area (TPSA) is 67.5 Å². The first-order valence-electron chi connectivity index (χ1n) is 6.22. The zero-order valence-corrected chi connectivity index (χ0v) is 10.9. The molecule has 20 heavy (non-hydrogen) atoms. The molecule has 0 aliphatic heterocycles. The lowest BCUT2D eigenvalue weighted by atomic mass is 10.1. The zero-order valence-electron chi connectivity index (χ0n) is 10.9. The van der Waals surface area contributed by atoms with E-state index in [-0.39, 0.29) is 6.61 Å². The Labute approximate surface area is 115 Å². The summed E-state index contributed by atoms with van der Waals surface area (Å²) in [5.74, 6) is 0. The van der Waals surface area contributed by atoms with Crippen molar-refractivity contribution < 1.29 is 9.90 Å². The molecule has 0 atom stereocenters. The van der Waals surface area contributed by atoms with Crippen molar-refractivity contribution in [2.75, 3.05) is 0 Å². The van der Waals surface area contributed by atoms with Crippen molar-refractivity contribution in [1.82, 2.24) is 14.4 Å². The van der Waals surface area contributed by atoms with Gasteiger partial charge in [-0.05, 0) is 25.1 Å². The average molecular weight is 267 g/mol. The Balaban J connectivity index is 2.23. The molecule has 3 heterocycles. The van der Waals surface area contributed by atoms with Crippen LogP contribution < -0.4 is 0 Å². The van der Waals surface area contributed by atoms with Crippen LogP contribution >= 0.6 is 0 Å². The van der Waals surface area contributed by atoms with Gasteiger partial charge in [0.05, 0.1) is 12.3 Å². The van der Waals surface area contributed by atoms with Crippen LogP contribution in [0.25, 0.3) is 16.8 Å². The Morgan fingerprint density at radius 1 is 1.45 bits per heavy atom. The van der Waals surface area contributed by atoms with Crippen LogP contribution in [0.5, 0.6) is 0 Å². The summed E-state index contributed by atoms with van der Waals surface area (Å²) in [7, 11) is 0. The van der Waals surface area contributed by atoms with Gasteiger partial charge in [0.15, 0.2) is 6.29 Å². The van der Waals surface area contributed by atoms with Crippen LogP contribution in [0.1, 0.15) is 21.7 Å². The van der Waals surface area contributed by atoms with E-state index in [1.165, 1.54) is 0 Å². The largest absolute Gasteiger partial charge is 0.390 e. The molecule has 0 saturated carbocycles. The predicted molar refractivity (Wildman–Crippen MR) is 74.5 cm³/mol. The molecule has 100 valence electrons. The van der Waals surface area contributed by atoms with E-state index >= 15 is 0 Å². The molecular formula is C15H13N3O2. The number of aromatic nitrogens is 3. The van der Waals surface area contributed by atoms with Crippen LogP contribution in [0.15, 0.2) is 36.8 Å². The number of aryl methyl sites for hydroxylation is 1. The van der Waals surface area contributed by atoms with E-state index < -0.39 is 0 Å². The standard InChI is InChI=1S/C15H13N3O2/c1-10-12(8-19)5-11(6-16-10)14-3-2-4-18-7-13(9-20)17-15(14)18/h2-8,20H,9H2,1H3. The summed E-state index contributed by atoms with van der Waals surface area (Å²) in [4.78, 5) is 19.7. The molecule has 0 bridgehead atoms. The second kappa shape index (κ2) is 4.86. The molecule has 3 rings (SSSR count). The monoisotopic (exact) mass is 267 g/mol. The van der Waals surface area contributed by atoms with Crippen molar-refractivity contribution in [3.8, 4) is 11.1 Å². The molecule has 3 aromatic rings. The summed E-state index contributed by atoms with van der Waals surface area (Å²) in [6, 6.07) is 5.62. The fourth-order valence-corrected chi connectivity index (χ4v) is 2.18. The SMILES string of the molecule is Cc1ncc(-c2cccn3cc(CO)nc23)cc1C=O. The van der Waals surface area contributed by atoms with E-state index in [1.54, 1.807) is 25.4 Å². The minimum atomic E-state index is -0.104. The van der Waals surface area contributed by atoms with E-state index in [1.807, 2.05) is 22.7 Å². The number of carbonyl (C=O) groups excluding carboxylic acids is 1. The second-order valence-electron chi connectivity index (χ2n) is 4.56. The molecule has 0 saturated heterocycles. The number of aliphatic hydroxyl groups is 1. The van der Waals surface area contributed by atoms with E-state index in [9.17, 15) is 9.90 Å². The lowest BCUT2D eigenvalue weighted by Gasteiger charge is -2.05. The van der Waals surface area contributed by atoms with Crippen LogP contribution in [0.4, 0.5) is 0 Å². The molecule has 3 aromatic heterocycles. The van der Waals surface area contributed by atoms with Gasteiger partial charge in [-0.2, -0.15) is 0 Å². The van der Waals surface area contributed by atoms with Gasteiger partial charge in [0.25, 0.3) is 0 Å². The lowest BCUT2D eigenvalue weighted by molar-refractivity contribution is 0.112. The molecule has 0 spiro atoms. The predicted octanol–water partition coefficient (Wildman–Crippen LogP) is 2.01. The Morgan fingerprint density at radius 3 is 3.05 bits per heavy atom. The first kappa shape index (κ1) is 12.5. The lowest BCUT2D eigenvalue weighted by Crippen LogP contribution is -1.93. The molecule has 0 aliphatic rings. The van der Waals surface area contributed by atoms with Crippen molar-refractivity contribution in [2.24, 2.45) is 0 Å². The van der Waals surface area contributed by atoms with E-state index in [0.717, 1.165) is 23.1 Å². The Bertz CT molecular complexity index is 793. The van der Waals surface area contributed by atoms with E-state index in [2.05, 4.69) is 9.97 Å². The number of aldehydes is 1. The van der Waals surface area contributed by atoms with Gasteiger partial charge in [0.2, 0.25) is 0 Å². The summed E-state index contributed by atoms with van der Waals surface area (Å²) in [6.45, 7) is 1.69. The smallest absolute Gasteiger partial charge is 0.151 e. The highest BCUT2D eigenvalue weighted by Crippen LogP contribution is 2.24. The third-order valence-electron chi connectivity index (χ3n) is 3.26. The third kappa shape index (κ3) is 1.98. The number of hydrogen-bond donors (Lipinski definition) is 1. The van der Waals surface area contributed by atoms with Crippen molar-refractivity contribution in [3.05, 3.63) is 53.7 Å². The Kier molecular flexibility index (Phi) is 3.04. The highest BCUT2D eigenvalue weighted by molar-refractivity contribution is 5.83. The van der Waals surface area contributed by atoms with Gasteiger partial charge in [0.1, 0.15) is 5.65 Å². The molecule has 5 heteroatoms. The third-order valence-corrected chi connectivity index (χ3v) is 3.26. The van der Waals surface area contributed by atoms with Crippen molar-refractivity contribution >= 4 is 11.9 Å². The Morgan fingerprint density at radius 2 is 2.30 bits per heavy atom. The maximum absolute atomic E-state index is 11.0. The zero-order chi connectivity index (χ0) is 14.1. The normalized spacial score (nSPS) is 10.9. The average Bonchev–Trinajstić information content (AvgIpc) is 2.91.